The molecule has 10 heteroatoms. The van der Waals surface area contributed by atoms with E-state index in [2.05, 4.69) is 4.90 Å². The first-order valence-electron chi connectivity index (χ1n) is 13.9. The van der Waals surface area contributed by atoms with E-state index in [4.69, 9.17) is 15.2 Å². The predicted octanol–water partition coefficient (Wildman–Crippen LogP) is 4.04. The zero-order valence-corrected chi connectivity index (χ0v) is 24.2. The van der Waals surface area contributed by atoms with Gasteiger partial charge in [0.05, 0.1) is 22.5 Å². The molecule has 38 heavy (non-hydrogen) atoms. The number of nitrogen functional groups attached to an aromatic ring is 1. The van der Waals surface area contributed by atoms with Crippen molar-refractivity contribution in [2.75, 3.05) is 38.5 Å². The second-order valence-corrected chi connectivity index (χ2v) is 14.2. The van der Waals surface area contributed by atoms with Crippen molar-refractivity contribution in [3.8, 4) is 0 Å². The number of fused-ring (bicyclic) bond motifs is 1. The average molecular weight is 547 g/mol. The number of anilines is 1. The zero-order valence-electron chi connectivity index (χ0n) is 23.4. The number of carbonyl (C=O) groups excluding carboxylic acids is 3. The Bertz CT molecular complexity index is 1120. The summed E-state index contributed by atoms with van der Waals surface area (Å²) in [6, 6.07) is 0.365. The summed E-state index contributed by atoms with van der Waals surface area (Å²) < 4.78 is 11.2. The minimum absolute atomic E-state index is 0.000373. The van der Waals surface area contributed by atoms with E-state index in [9.17, 15) is 14.4 Å². The third-order valence-corrected chi connectivity index (χ3v) is 9.44. The van der Waals surface area contributed by atoms with E-state index in [0.717, 1.165) is 55.6 Å². The fraction of sp³-hybridized carbons (Fsp3) is 0.750. The minimum atomic E-state index is -0.551. The van der Waals surface area contributed by atoms with E-state index in [0.29, 0.717) is 49.2 Å². The molecular weight excluding hydrogens is 504 g/mol. The van der Waals surface area contributed by atoms with Gasteiger partial charge in [0.25, 0.3) is 5.91 Å². The number of ether oxygens (including phenoxy) is 2. The van der Waals surface area contributed by atoms with Crippen molar-refractivity contribution in [2.24, 2.45) is 5.41 Å². The van der Waals surface area contributed by atoms with Crippen LogP contribution in [0, 0.1) is 5.41 Å². The first-order chi connectivity index (χ1) is 17.8. The number of likely N-dealkylation sites (tertiary alicyclic amines) is 2. The lowest BCUT2D eigenvalue weighted by atomic mass is 9.74. The number of nitrogens with two attached hydrogens (primary N) is 1. The van der Waals surface area contributed by atoms with Crippen LogP contribution in [0.5, 0.6) is 0 Å². The van der Waals surface area contributed by atoms with Crippen LogP contribution in [0.15, 0.2) is 0 Å². The summed E-state index contributed by atoms with van der Waals surface area (Å²) in [7, 11) is 0. The van der Waals surface area contributed by atoms with Gasteiger partial charge in [0, 0.05) is 43.5 Å². The predicted molar refractivity (Wildman–Crippen MR) is 146 cm³/mol. The lowest BCUT2D eigenvalue weighted by molar-refractivity contribution is -0.154. The molecule has 0 aliphatic carbocycles. The van der Waals surface area contributed by atoms with Crippen LogP contribution in [-0.2, 0) is 27.2 Å². The monoisotopic (exact) mass is 546 g/mol. The standard InChI is InChI=1S/C28H42N4O5S/c1-26(2,3)37-25(35)31-14-9-19-20(15-31)38-22(29)21(19)23(33)30-12-7-18(8-13-30)32-11-6-10-28(17-32)16-27(4,5)36-24(28)34/h18H,6-17,29H2,1-5H3. The van der Waals surface area contributed by atoms with Gasteiger partial charge in [0.2, 0.25) is 0 Å². The molecule has 2 amide bonds. The van der Waals surface area contributed by atoms with Crippen molar-refractivity contribution in [2.45, 2.75) is 96.9 Å². The molecule has 1 spiro atoms. The van der Waals surface area contributed by atoms with E-state index in [1.165, 1.54) is 11.3 Å². The third-order valence-electron chi connectivity index (χ3n) is 8.39. The Morgan fingerprint density at radius 3 is 2.45 bits per heavy atom. The van der Waals surface area contributed by atoms with E-state index in [1.54, 1.807) is 4.90 Å². The molecule has 2 N–H and O–H groups in total. The molecule has 5 rings (SSSR count). The van der Waals surface area contributed by atoms with Gasteiger partial charge in [0.1, 0.15) is 11.2 Å². The van der Waals surface area contributed by atoms with Gasteiger partial charge < -0.3 is 25.0 Å². The molecule has 4 aliphatic heterocycles. The summed E-state index contributed by atoms with van der Waals surface area (Å²) in [5.41, 5.74) is 6.67. The molecule has 9 nitrogen and oxygen atoms in total. The molecule has 4 aliphatic rings. The Hall–Kier alpha value is -2.33. The second-order valence-electron chi connectivity index (χ2n) is 13.1. The molecule has 0 bridgehead atoms. The number of esters is 1. The number of thiophene rings is 1. The highest BCUT2D eigenvalue weighted by Crippen LogP contribution is 2.47. The van der Waals surface area contributed by atoms with Crippen LogP contribution in [0.3, 0.4) is 0 Å². The molecule has 3 fully saturated rings. The molecule has 1 unspecified atom stereocenters. The van der Waals surface area contributed by atoms with Crippen LogP contribution in [0.1, 0.15) is 87.5 Å². The highest BCUT2D eigenvalue weighted by atomic mass is 32.1. The summed E-state index contributed by atoms with van der Waals surface area (Å²) in [4.78, 5) is 46.1. The molecule has 1 atom stereocenters. The van der Waals surface area contributed by atoms with Crippen LogP contribution in [0.4, 0.5) is 9.80 Å². The van der Waals surface area contributed by atoms with Crippen molar-refractivity contribution in [3.63, 3.8) is 0 Å². The number of hydrogen-bond donors (Lipinski definition) is 1. The second kappa shape index (κ2) is 9.70. The van der Waals surface area contributed by atoms with Gasteiger partial charge in [-0.25, -0.2) is 4.79 Å². The topological polar surface area (TPSA) is 105 Å². The maximum absolute atomic E-state index is 13.6. The van der Waals surface area contributed by atoms with Crippen LogP contribution < -0.4 is 5.73 Å². The normalized spacial score (nSPS) is 26.4. The average Bonchev–Trinajstić information content (AvgIpc) is 3.27. The van der Waals surface area contributed by atoms with Gasteiger partial charge in [0.15, 0.2) is 0 Å². The highest BCUT2D eigenvalue weighted by molar-refractivity contribution is 7.16. The molecule has 5 heterocycles. The molecule has 1 aromatic rings. The third kappa shape index (κ3) is 5.26. The first kappa shape index (κ1) is 27.2. The Balaban J connectivity index is 1.21. The number of hydrogen-bond acceptors (Lipinski definition) is 8. The Labute approximate surface area is 229 Å². The van der Waals surface area contributed by atoms with E-state index >= 15 is 0 Å². The van der Waals surface area contributed by atoms with Crippen LogP contribution in [0.25, 0.3) is 0 Å². The molecule has 1 aromatic heterocycles. The number of carbonyl (C=O) groups is 3. The van der Waals surface area contributed by atoms with Gasteiger partial charge in [-0.2, -0.15) is 0 Å². The molecule has 0 aromatic carbocycles. The number of amides is 2. The Morgan fingerprint density at radius 1 is 1.11 bits per heavy atom. The maximum Gasteiger partial charge on any atom is 0.410 e. The molecule has 0 radical (unpaired) electrons. The lowest BCUT2D eigenvalue weighted by Gasteiger charge is -2.45. The fourth-order valence-electron chi connectivity index (χ4n) is 6.81. The maximum atomic E-state index is 13.6. The van der Waals surface area contributed by atoms with Crippen molar-refractivity contribution in [1.29, 1.82) is 0 Å². The van der Waals surface area contributed by atoms with Crippen LogP contribution in [0.2, 0.25) is 0 Å². The number of rotatable bonds is 2. The quantitative estimate of drug-likeness (QED) is 0.558. The van der Waals surface area contributed by atoms with Gasteiger partial charge in [-0.1, -0.05) is 0 Å². The number of nitrogens with zero attached hydrogens (tertiary/aromatic N) is 3. The van der Waals surface area contributed by atoms with Crippen molar-refractivity contribution in [1.82, 2.24) is 14.7 Å². The van der Waals surface area contributed by atoms with Crippen LogP contribution in [-0.4, -0.2) is 82.6 Å². The zero-order chi connectivity index (χ0) is 27.5. The van der Waals surface area contributed by atoms with Crippen molar-refractivity contribution >= 4 is 34.3 Å². The van der Waals surface area contributed by atoms with Gasteiger partial charge in [-0.15, -0.1) is 11.3 Å². The summed E-state index contributed by atoms with van der Waals surface area (Å²) in [5.74, 6) is -0.0387. The molecule has 3 saturated heterocycles. The first-order valence-corrected chi connectivity index (χ1v) is 14.7. The summed E-state index contributed by atoms with van der Waals surface area (Å²) in [6.45, 7) is 13.6. The van der Waals surface area contributed by atoms with Crippen LogP contribution >= 0.6 is 11.3 Å². The Kier molecular flexibility index (Phi) is 6.95. The minimum Gasteiger partial charge on any atom is -0.459 e. The lowest BCUT2D eigenvalue weighted by Crippen LogP contribution is -2.53. The molecule has 210 valence electrons. The van der Waals surface area contributed by atoms with Gasteiger partial charge >= 0.3 is 12.1 Å². The fourth-order valence-corrected chi connectivity index (χ4v) is 7.93. The highest BCUT2D eigenvalue weighted by Gasteiger charge is 2.54. The van der Waals surface area contributed by atoms with Gasteiger partial charge in [-0.05, 0) is 78.8 Å². The van der Waals surface area contributed by atoms with E-state index in [1.807, 2.05) is 39.5 Å². The summed E-state index contributed by atoms with van der Waals surface area (Å²) >= 11 is 1.41. The number of cyclic esters (lactones) is 1. The van der Waals surface area contributed by atoms with E-state index in [-0.39, 0.29) is 29.0 Å². The molecule has 0 saturated carbocycles. The largest absolute Gasteiger partial charge is 0.459 e. The summed E-state index contributed by atoms with van der Waals surface area (Å²) in [5, 5.41) is 0.536. The van der Waals surface area contributed by atoms with Gasteiger partial charge in [-0.3, -0.25) is 14.5 Å². The number of piperidine rings is 2. The van der Waals surface area contributed by atoms with E-state index < -0.39 is 5.60 Å². The summed E-state index contributed by atoms with van der Waals surface area (Å²) in [6.07, 6.45) is 4.72. The molecular formula is C28H42N4O5S. The van der Waals surface area contributed by atoms with Crippen molar-refractivity contribution in [3.05, 3.63) is 16.0 Å². The SMILES string of the molecule is CC(C)(C)OC(=O)N1CCc2c(sc(N)c2C(=O)N2CCC(N3CCCC4(C3)CC(C)(C)OC4=O)CC2)C1. The van der Waals surface area contributed by atoms with Crippen molar-refractivity contribution < 1.29 is 23.9 Å². The Morgan fingerprint density at radius 2 is 1.82 bits per heavy atom. The smallest absolute Gasteiger partial charge is 0.410 e.